The molecule has 0 heterocycles. The molecule has 1 unspecified atom stereocenters. The zero-order chi connectivity index (χ0) is 21.4. The SMILES string of the molecule is CC(C)CC(NC(=O)COC(=O)c1ccccc1NS(C)(=O)=O)c1ccccc1. The number of esters is 1. The molecule has 2 aromatic rings. The van der Waals surface area contributed by atoms with Gasteiger partial charge in [0.15, 0.2) is 6.61 Å². The van der Waals surface area contributed by atoms with Crippen LogP contribution >= 0.6 is 0 Å². The maximum Gasteiger partial charge on any atom is 0.340 e. The molecule has 0 bridgehead atoms. The fourth-order valence-corrected chi connectivity index (χ4v) is 3.41. The largest absolute Gasteiger partial charge is 0.452 e. The summed E-state index contributed by atoms with van der Waals surface area (Å²) < 4.78 is 30.3. The second-order valence-electron chi connectivity index (χ2n) is 7.16. The average molecular weight is 419 g/mol. The number of amides is 1. The number of hydrogen-bond acceptors (Lipinski definition) is 5. The summed E-state index contributed by atoms with van der Waals surface area (Å²) in [7, 11) is -3.56. The summed E-state index contributed by atoms with van der Waals surface area (Å²) >= 11 is 0. The predicted molar refractivity (Wildman–Crippen MR) is 112 cm³/mol. The minimum Gasteiger partial charge on any atom is -0.452 e. The normalized spacial score (nSPS) is 12.3. The highest BCUT2D eigenvalue weighted by Gasteiger charge is 2.19. The van der Waals surface area contributed by atoms with Crippen LogP contribution in [0, 0.1) is 5.92 Å². The van der Waals surface area contributed by atoms with Crippen LogP contribution in [-0.2, 0) is 19.6 Å². The van der Waals surface area contributed by atoms with Crippen LogP contribution < -0.4 is 10.0 Å². The van der Waals surface area contributed by atoms with Gasteiger partial charge in [-0.2, -0.15) is 0 Å². The van der Waals surface area contributed by atoms with E-state index in [9.17, 15) is 18.0 Å². The molecule has 7 nitrogen and oxygen atoms in total. The summed E-state index contributed by atoms with van der Waals surface area (Å²) in [5.41, 5.74) is 1.11. The van der Waals surface area contributed by atoms with Crippen molar-refractivity contribution in [1.29, 1.82) is 0 Å². The molecule has 2 N–H and O–H groups in total. The number of ether oxygens (including phenoxy) is 1. The van der Waals surface area contributed by atoms with Gasteiger partial charge in [0.05, 0.1) is 23.5 Å². The zero-order valence-corrected chi connectivity index (χ0v) is 17.5. The Kier molecular flexibility index (Phi) is 7.78. The van der Waals surface area contributed by atoms with Crippen molar-refractivity contribution < 1.29 is 22.7 Å². The van der Waals surface area contributed by atoms with Crippen LogP contribution in [0.1, 0.15) is 42.2 Å². The molecule has 0 saturated heterocycles. The van der Waals surface area contributed by atoms with E-state index in [1.165, 1.54) is 12.1 Å². The Hall–Kier alpha value is -2.87. The summed E-state index contributed by atoms with van der Waals surface area (Å²) in [6.45, 7) is 3.66. The molecule has 0 aliphatic carbocycles. The summed E-state index contributed by atoms with van der Waals surface area (Å²) in [4.78, 5) is 24.7. The summed E-state index contributed by atoms with van der Waals surface area (Å²) in [5.74, 6) is -0.856. The maximum atomic E-state index is 12.4. The highest BCUT2D eigenvalue weighted by Crippen LogP contribution is 2.21. The lowest BCUT2D eigenvalue weighted by Gasteiger charge is -2.21. The number of carbonyl (C=O) groups excluding carboxylic acids is 2. The molecule has 2 aromatic carbocycles. The second-order valence-corrected chi connectivity index (χ2v) is 8.90. The Morgan fingerprint density at radius 3 is 2.24 bits per heavy atom. The van der Waals surface area contributed by atoms with Gasteiger partial charge in [-0.3, -0.25) is 9.52 Å². The molecule has 2 rings (SSSR count). The quantitative estimate of drug-likeness (QED) is 0.609. The first-order valence-corrected chi connectivity index (χ1v) is 11.1. The Labute approximate surface area is 171 Å². The second kappa shape index (κ2) is 10.1. The molecular weight excluding hydrogens is 392 g/mol. The lowest BCUT2D eigenvalue weighted by molar-refractivity contribution is -0.125. The molecule has 29 heavy (non-hydrogen) atoms. The van der Waals surface area contributed by atoms with Crippen molar-refractivity contribution in [2.24, 2.45) is 5.92 Å². The fraction of sp³-hybridized carbons (Fsp3) is 0.333. The van der Waals surface area contributed by atoms with Crippen molar-refractivity contribution in [1.82, 2.24) is 5.32 Å². The van der Waals surface area contributed by atoms with Gasteiger partial charge >= 0.3 is 5.97 Å². The highest BCUT2D eigenvalue weighted by molar-refractivity contribution is 7.92. The number of hydrogen-bond donors (Lipinski definition) is 2. The molecule has 0 aliphatic rings. The summed E-state index contributed by atoms with van der Waals surface area (Å²) in [5, 5.41) is 2.90. The van der Waals surface area contributed by atoms with Crippen LogP contribution in [0.4, 0.5) is 5.69 Å². The first-order chi connectivity index (χ1) is 13.7. The van der Waals surface area contributed by atoms with Crippen LogP contribution in [0.2, 0.25) is 0 Å². The molecule has 156 valence electrons. The van der Waals surface area contributed by atoms with Gasteiger partial charge in [0, 0.05) is 0 Å². The van der Waals surface area contributed by atoms with Crippen LogP contribution in [0.5, 0.6) is 0 Å². The minimum absolute atomic E-state index is 0.0347. The molecule has 0 fully saturated rings. The van der Waals surface area contributed by atoms with E-state index < -0.39 is 28.5 Å². The van der Waals surface area contributed by atoms with E-state index in [1.54, 1.807) is 12.1 Å². The van der Waals surface area contributed by atoms with Crippen molar-refractivity contribution in [3.05, 3.63) is 65.7 Å². The zero-order valence-electron chi connectivity index (χ0n) is 16.7. The number of carbonyl (C=O) groups is 2. The molecule has 0 spiro atoms. The molecular formula is C21H26N2O5S. The Bertz CT molecular complexity index is 943. The Balaban J connectivity index is 2.02. The van der Waals surface area contributed by atoms with E-state index in [-0.39, 0.29) is 17.3 Å². The van der Waals surface area contributed by atoms with Crippen molar-refractivity contribution >= 4 is 27.6 Å². The van der Waals surface area contributed by atoms with Crippen LogP contribution in [0.3, 0.4) is 0 Å². The van der Waals surface area contributed by atoms with Crippen LogP contribution in [0.25, 0.3) is 0 Å². The minimum atomic E-state index is -3.56. The highest BCUT2D eigenvalue weighted by atomic mass is 32.2. The van der Waals surface area contributed by atoms with Crippen LogP contribution in [0.15, 0.2) is 54.6 Å². The molecule has 1 atom stereocenters. The number of para-hydroxylation sites is 1. The molecule has 8 heteroatoms. The topological polar surface area (TPSA) is 102 Å². The van der Waals surface area contributed by atoms with E-state index in [0.717, 1.165) is 18.2 Å². The van der Waals surface area contributed by atoms with Gasteiger partial charge in [-0.25, -0.2) is 13.2 Å². The van der Waals surface area contributed by atoms with Crippen molar-refractivity contribution in [2.75, 3.05) is 17.6 Å². The standard InChI is InChI=1S/C21H26N2O5S/c1-15(2)13-19(16-9-5-4-6-10-16)22-20(24)14-28-21(25)17-11-7-8-12-18(17)23-29(3,26)27/h4-12,15,19,23H,13-14H2,1-3H3,(H,22,24). The smallest absolute Gasteiger partial charge is 0.340 e. The van der Waals surface area contributed by atoms with Crippen molar-refractivity contribution in [2.45, 2.75) is 26.3 Å². The number of benzene rings is 2. The van der Waals surface area contributed by atoms with E-state index >= 15 is 0 Å². The number of nitrogens with one attached hydrogen (secondary N) is 2. The number of sulfonamides is 1. The molecule has 0 aromatic heterocycles. The summed E-state index contributed by atoms with van der Waals surface area (Å²) in [6.07, 6.45) is 1.73. The van der Waals surface area contributed by atoms with Crippen molar-refractivity contribution in [3.8, 4) is 0 Å². The van der Waals surface area contributed by atoms with Gasteiger partial charge in [0.25, 0.3) is 5.91 Å². The fourth-order valence-electron chi connectivity index (χ4n) is 2.83. The van der Waals surface area contributed by atoms with Gasteiger partial charge in [-0.05, 0) is 30.0 Å². The van der Waals surface area contributed by atoms with Gasteiger partial charge in [0.1, 0.15) is 0 Å². The van der Waals surface area contributed by atoms with Gasteiger partial charge in [-0.15, -0.1) is 0 Å². The van der Waals surface area contributed by atoms with Gasteiger partial charge in [-0.1, -0.05) is 56.3 Å². The Morgan fingerprint density at radius 1 is 1.00 bits per heavy atom. The molecule has 0 radical (unpaired) electrons. The molecule has 1 amide bonds. The molecule has 0 aliphatic heterocycles. The van der Waals surface area contributed by atoms with Crippen molar-refractivity contribution in [3.63, 3.8) is 0 Å². The van der Waals surface area contributed by atoms with E-state index in [0.29, 0.717) is 5.92 Å². The Morgan fingerprint density at radius 2 is 1.62 bits per heavy atom. The van der Waals surface area contributed by atoms with E-state index in [1.807, 2.05) is 30.3 Å². The maximum absolute atomic E-state index is 12.4. The van der Waals surface area contributed by atoms with E-state index in [4.69, 9.17) is 4.74 Å². The third-order valence-corrected chi connectivity index (χ3v) is 4.61. The van der Waals surface area contributed by atoms with Gasteiger partial charge < -0.3 is 10.1 Å². The monoisotopic (exact) mass is 418 g/mol. The van der Waals surface area contributed by atoms with E-state index in [2.05, 4.69) is 23.9 Å². The van der Waals surface area contributed by atoms with Gasteiger partial charge in [0.2, 0.25) is 10.0 Å². The predicted octanol–water partition coefficient (Wildman–Crippen LogP) is 3.12. The average Bonchev–Trinajstić information content (AvgIpc) is 2.65. The lowest BCUT2D eigenvalue weighted by Crippen LogP contribution is -2.33. The number of rotatable bonds is 9. The third-order valence-electron chi connectivity index (χ3n) is 4.02. The van der Waals surface area contributed by atoms with Crippen LogP contribution in [-0.4, -0.2) is 33.2 Å². The first kappa shape index (κ1) is 22.4. The summed E-state index contributed by atoms with van der Waals surface area (Å²) in [6, 6.07) is 15.4. The first-order valence-electron chi connectivity index (χ1n) is 9.24. The lowest BCUT2D eigenvalue weighted by atomic mass is 9.97. The number of anilines is 1. The third kappa shape index (κ3) is 7.57. The molecule has 0 saturated carbocycles.